The van der Waals surface area contributed by atoms with E-state index in [1.807, 2.05) is 0 Å². The summed E-state index contributed by atoms with van der Waals surface area (Å²) in [4.78, 5) is 28.7. The van der Waals surface area contributed by atoms with Crippen molar-refractivity contribution in [2.75, 3.05) is 0 Å². The normalized spacial score (nSPS) is 10.4. The van der Waals surface area contributed by atoms with Gasteiger partial charge in [-0.1, -0.05) is 35.5 Å². The number of fused-ring (bicyclic) bond motifs is 1. The van der Waals surface area contributed by atoms with E-state index in [9.17, 15) is 9.59 Å². The van der Waals surface area contributed by atoms with E-state index in [1.165, 1.54) is 16.2 Å². The first-order chi connectivity index (χ1) is 11.8. The summed E-state index contributed by atoms with van der Waals surface area (Å²) in [5.74, 6) is 6.07. The highest BCUT2D eigenvalue weighted by Crippen LogP contribution is 2.22. The molecule has 0 aliphatic carbocycles. The van der Waals surface area contributed by atoms with E-state index in [2.05, 4.69) is 22.9 Å². The van der Waals surface area contributed by atoms with Crippen LogP contribution in [0, 0.1) is 24.3 Å². The Morgan fingerprint density at radius 3 is 2.44 bits per heavy atom. The van der Waals surface area contributed by atoms with Crippen molar-refractivity contribution in [3.05, 3.63) is 60.5 Å². The molecule has 0 bridgehead atoms. The Morgan fingerprint density at radius 1 is 1.08 bits per heavy atom. The summed E-state index contributed by atoms with van der Waals surface area (Å²) in [5.41, 5.74) is -0.211. The molecular formula is C17H10Cl2N4O2. The van der Waals surface area contributed by atoms with Crippen molar-refractivity contribution in [3.8, 4) is 24.3 Å². The maximum Gasteiger partial charge on any atom is 0.344 e. The highest BCUT2D eigenvalue weighted by Gasteiger charge is 2.16. The molecule has 0 N–H and O–H groups in total. The summed E-state index contributed by atoms with van der Waals surface area (Å²) in [6.45, 7) is 0. The van der Waals surface area contributed by atoms with Gasteiger partial charge in [0.2, 0.25) is 0 Å². The molecule has 0 unspecified atom stereocenters. The first-order valence-corrected chi connectivity index (χ1v) is 7.73. The minimum Gasteiger partial charge on any atom is -0.314 e. The number of halogens is 2. The van der Waals surface area contributed by atoms with Crippen LogP contribution in [-0.4, -0.2) is 18.7 Å². The molecule has 0 aliphatic heterocycles. The molecule has 0 amide bonds. The van der Waals surface area contributed by atoms with Gasteiger partial charge in [-0.3, -0.25) is 9.36 Å². The molecule has 8 heteroatoms. The zero-order valence-corrected chi connectivity index (χ0v) is 14.7. The predicted octanol–water partition coefficient (Wildman–Crippen LogP) is 1.58. The van der Waals surface area contributed by atoms with Gasteiger partial charge < -0.3 is 4.57 Å². The fourth-order valence-corrected chi connectivity index (χ4v) is 2.62. The lowest BCUT2D eigenvalue weighted by Gasteiger charge is -2.01. The number of rotatable bonds is 0. The van der Waals surface area contributed by atoms with Gasteiger partial charge in [0.15, 0.2) is 17.0 Å². The Kier molecular flexibility index (Phi) is 4.18. The quantitative estimate of drug-likeness (QED) is 0.562. The van der Waals surface area contributed by atoms with Crippen LogP contribution in [0.15, 0.2) is 27.8 Å². The Morgan fingerprint density at radius 2 is 1.80 bits per heavy atom. The van der Waals surface area contributed by atoms with E-state index >= 15 is 0 Å². The summed E-state index contributed by atoms with van der Waals surface area (Å²) < 4.78 is 3.40. The molecule has 0 aliphatic rings. The van der Waals surface area contributed by atoms with Crippen molar-refractivity contribution < 1.29 is 0 Å². The smallest absolute Gasteiger partial charge is 0.314 e. The lowest BCUT2D eigenvalue weighted by molar-refractivity contribution is 0.776. The number of nitrogens with zero attached hydrogens (tertiary/aromatic N) is 4. The molecule has 0 saturated carbocycles. The van der Waals surface area contributed by atoms with Crippen LogP contribution in [0.4, 0.5) is 0 Å². The monoisotopic (exact) mass is 372 g/mol. The van der Waals surface area contributed by atoms with Crippen molar-refractivity contribution in [2.24, 2.45) is 14.1 Å². The molecule has 2 heterocycles. The Labute approximate surface area is 152 Å². The van der Waals surface area contributed by atoms with Crippen molar-refractivity contribution in [1.29, 1.82) is 0 Å². The van der Waals surface area contributed by atoms with E-state index in [0.717, 1.165) is 0 Å². The largest absolute Gasteiger partial charge is 0.344 e. The highest BCUT2D eigenvalue weighted by atomic mass is 35.5. The fourth-order valence-electron chi connectivity index (χ4n) is 2.32. The lowest BCUT2D eigenvalue weighted by Crippen LogP contribution is -2.37. The average molecular weight is 373 g/mol. The second kappa shape index (κ2) is 6.18. The van der Waals surface area contributed by atoms with Gasteiger partial charge in [-0.25, -0.2) is 9.78 Å². The van der Waals surface area contributed by atoms with Crippen LogP contribution in [0.3, 0.4) is 0 Å². The van der Waals surface area contributed by atoms with Gasteiger partial charge in [0.25, 0.3) is 5.56 Å². The molecule has 0 fully saturated rings. The Hall–Kier alpha value is -2.93. The van der Waals surface area contributed by atoms with Crippen molar-refractivity contribution in [2.45, 2.75) is 0 Å². The minimum absolute atomic E-state index is 0.193. The van der Waals surface area contributed by atoms with Crippen LogP contribution >= 0.6 is 23.2 Å². The van der Waals surface area contributed by atoms with Gasteiger partial charge in [0, 0.05) is 25.7 Å². The van der Waals surface area contributed by atoms with Crippen LogP contribution < -0.4 is 11.2 Å². The van der Waals surface area contributed by atoms with Gasteiger partial charge in [0.1, 0.15) is 0 Å². The SMILES string of the molecule is C#Cn1c(=O)c2c(nc(C#Cc3ccc(Cl)c(Cl)c3)n2C)n(C)c1=O. The maximum absolute atomic E-state index is 12.4. The van der Waals surface area contributed by atoms with Crippen LogP contribution in [0.25, 0.3) is 11.2 Å². The van der Waals surface area contributed by atoms with Gasteiger partial charge in [-0.15, -0.1) is 0 Å². The lowest BCUT2D eigenvalue weighted by atomic mass is 10.2. The molecule has 6 nitrogen and oxygen atoms in total. The third-order valence-corrected chi connectivity index (χ3v) is 4.38. The Balaban J connectivity index is 2.24. The average Bonchev–Trinajstić information content (AvgIpc) is 2.91. The van der Waals surface area contributed by atoms with Crippen LogP contribution in [0.2, 0.25) is 10.0 Å². The molecule has 3 aromatic rings. The van der Waals surface area contributed by atoms with Crippen molar-refractivity contribution >= 4 is 34.4 Å². The van der Waals surface area contributed by atoms with Crippen LogP contribution in [-0.2, 0) is 14.1 Å². The van der Waals surface area contributed by atoms with E-state index in [-0.39, 0.29) is 11.2 Å². The number of aromatic nitrogens is 4. The number of hydrogen-bond donors (Lipinski definition) is 0. The summed E-state index contributed by atoms with van der Waals surface area (Å²) in [7, 11) is 3.11. The summed E-state index contributed by atoms with van der Waals surface area (Å²) in [6, 6.07) is 7.04. The fraction of sp³-hybridized carbons (Fsp3) is 0.118. The molecular weight excluding hydrogens is 363 g/mol. The minimum atomic E-state index is -0.637. The van der Waals surface area contributed by atoms with Gasteiger partial charge in [0.05, 0.1) is 10.0 Å². The van der Waals surface area contributed by atoms with Crippen LogP contribution in [0.1, 0.15) is 11.4 Å². The van der Waals surface area contributed by atoms with E-state index in [1.54, 1.807) is 25.2 Å². The molecule has 0 atom stereocenters. The zero-order valence-electron chi connectivity index (χ0n) is 13.2. The zero-order chi connectivity index (χ0) is 18.3. The standard InChI is InChI=1S/C17H10Cl2N4O2/c1-4-23-16(24)14-15(22(3)17(23)25)20-13(21(14)2)8-6-10-5-7-11(18)12(19)9-10/h1,5,7,9H,2-3H3. The van der Waals surface area contributed by atoms with Crippen molar-refractivity contribution in [1.82, 2.24) is 18.7 Å². The molecule has 0 saturated heterocycles. The number of hydrogen-bond acceptors (Lipinski definition) is 3. The highest BCUT2D eigenvalue weighted by molar-refractivity contribution is 6.42. The topological polar surface area (TPSA) is 61.8 Å². The third kappa shape index (κ3) is 2.72. The number of aryl methyl sites for hydroxylation is 2. The predicted molar refractivity (Wildman–Crippen MR) is 96.9 cm³/mol. The number of imidazole rings is 1. The second-order valence-electron chi connectivity index (χ2n) is 5.16. The van der Waals surface area contributed by atoms with Gasteiger partial charge >= 0.3 is 5.69 Å². The van der Waals surface area contributed by atoms with Gasteiger partial charge in [-0.2, -0.15) is 4.57 Å². The molecule has 1 aromatic carbocycles. The first-order valence-electron chi connectivity index (χ1n) is 6.97. The van der Waals surface area contributed by atoms with Crippen LogP contribution in [0.5, 0.6) is 0 Å². The summed E-state index contributed by atoms with van der Waals surface area (Å²) >= 11 is 11.8. The van der Waals surface area contributed by atoms with Gasteiger partial charge in [-0.05, 0) is 24.1 Å². The van der Waals surface area contributed by atoms with E-state index < -0.39 is 11.2 Å². The molecule has 124 valence electrons. The molecule has 0 radical (unpaired) electrons. The van der Waals surface area contributed by atoms with E-state index in [4.69, 9.17) is 29.6 Å². The van der Waals surface area contributed by atoms with Crippen molar-refractivity contribution in [3.63, 3.8) is 0 Å². The molecule has 25 heavy (non-hydrogen) atoms. The maximum atomic E-state index is 12.4. The number of terminal acetylenes is 1. The second-order valence-corrected chi connectivity index (χ2v) is 5.97. The molecule has 3 rings (SSSR count). The third-order valence-electron chi connectivity index (χ3n) is 3.65. The number of benzene rings is 1. The molecule has 2 aromatic heterocycles. The Bertz CT molecular complexity index is 1250. The molecule has 0 spiro atoms. The first kappa shape index (κ1) is 16.9. The van der Waals surface area contributed by atoms with E-state index in [0.29, 0.717) is 26.0 Å². The summed E-state index contributed by atoms with van der Waals surface area (Å²) in [6.07, 6.45) is 5.25. The summed E-state index contributed by atoms with van der Waals surface area (Å²) in [5, 5.41) is 0.817.